The van der Waals surface area contributed by atoms with Crippen molar-refractivity contribution in [1.29, 1.82) is 0 Å². The highest BCUT2D eigenvalue weighted by Gasteiger charge is 2.28. The Morgan fingerprint density at radius 3 is 2.48 bits per heavy atom. The smallest absolute Gasteiger partial charge is 0.410 e. The third-order valence-corrected chi connectivity index (χ3v) is 3.92. The van der Waals surface area contributed by atoms with E-state index in [2.05, 4.69) is 0 Å². The third-order valence-electron chi connectivity index (χ3n) is 3.06. The topological polar surface area (TPSA) is 75.9 Å². The number of hydrogen-bond donors (Lipinski definition) is 0. The molecule has 0 saturated carbocycles. The fraction of sp³-hybridized carbons (Fsp3) is 0.615. The van der Waals surface area contributed by atoms with E-state index in [1.807, 2.05) is 25.7 Å². The fourth-order valence-corrected chi connectivity index (χ4v) is 2.86. The molecule has 21 heavy (non-hydrogen) atoms. The second-order valence-corrected chi connectivity index (χ2v) is 6.72. The molecule has 1 aliphatic rings. The average molecular weight is 313 g/mol. The molecule has 0 aromatic carbocycles. The van der Waals surface area contributed by atoms with E-state index in [9.17, 15) is 14.9 Å². The van der Waals surface area contributed by atoms with Crippen molar-refractivity contribution in [3.8, 4) is 0 Å². The first-order valence-corrected chi connectivity index (χ1v) is 7.60. The zero-order valence-corrected chi connectivity index (χ0v) is 13.2. The standard InChI is InChI=1S/C13H19N3O4S/c1-13(2,3)20-12(17)15-7-5-14(6-8-15)10-4-9-21-11(10)16(18)19/h4,9H,5-8H2,1-3H3. The molecule has 8 heteroatoms. The average Bonchev–Trinajstić information content (AvgIpc) is 2.86. The molecule has 1 amide bonds. The molecule has 0 aliphatic carbocycles. The molecule has 1 fully saturated rings. The van der Waals surface area contributed by atoms with Crippen LogP contribution in [0.15, 0.2) is 11.4 Å². The van der Waals surface area contributed by atoms with Gasteiger partial charge in [-0.05, 0) is 32.2 Å². The van der Waals surface area contributed by atoms with Crippen molar-refractivity contribution >= 4 is 28.1 Å². The summed E-state index contributed by atoms with van der Waals surface area (Å²) < 4.78 is 5.33. The normalized spacial score (nSPS) is 16.0. The lowest BCUT2D eigenvalue weighted by molar-refractivity contribution is -0.379. The van der Waals surface area contributed by atoms with Gasteiger partial charge in [0.2, 0.25) is 0 Å². The highest BCUT2D eigenvalue weighted by atomic mass is 32.1. The number of rotatable bonds is 2. The van der Waals surface area contributed by atoms with Gasteiger partial charge in [-0.25, -0.2) is 4.79 Å². The van der Waals surface area contributed by atoms with Gasteiger partial charge in [-0.1, -0.05) is 11.3 Å². The number of nitro groups is 1. The van der Waals surface area contributed by atoms with Crippen molar-refractivity contribution in [3.05, 3.63) is 21.6 Å². The quantitative estimate of drug-likeness (QED) is 0.620. The maximum Gasteiger partial charge on any atom is 0.410 e. The van der Waals surface area contributed by atoms with E-state index in [-0.39, 0.29) is 16.0 Å². The van der Waals surface area contributed by atoms with E-state index in [1.54, 1.807) is 16.3 Å². The van der Waals surface area contributed by atoms with Crippen LogP contribution in [0.25, 0.3) is 0 Å². The lowest BCUT2D eigenvalue weighted by atomic mass is 10.2. The highest BCUT2D eigenvalue weighted by Crippen LogP contribution is 2.34. The molecule has 0 spiro atoms. The molecule has 2 heterocycles. The van der Waals surface area contributed by atoms with Crippen molar-refractivity contribution in [2.75, 3.05) is 31.1 Å². The maximum absolute atomic E-state index is 12.0. The summed E-state index contributed by atoms with van der Waals surface area (Å²) in [5.74, 6) is 0. The number of ether oxygens (including phenoxy) is 1. The Morgan fingerprint density at radius 1 is 1.33 bits per heavy atom. The van der Waals surface area contributed by atoms with Gasteiger partial charge >= 0.3 is 11.1 Å². The van der Waals surface area contributed by atoms with Crippen LogP contribution in [0.2, 0.25) is 0 Å². The molecule has 1 aromatic heterocycles. The highest BCUT2D eigenvalue weighted by molar-refractivity contribution is 7.14. The van der Waals surface area contributed by atoms with Gasteiger partial charge in [-0.2, -0.15) is 0 Å². The SMILES string of the molecule is CC(C)(C)OC(=O)N1CCN(c2ccsc2[N+](=O)[O-])CC1. The van der Waals surface area contributed by atoms with Crippen molar-refractivity contribution in [2.24, 2.45) is 0 Å². The number of piperazine rings is 1. The fourth-order valence-electron chi connectivity index (χ4n) is 2.13. The summed E-state index contributed by atoms with van der Waals surface area (Å²) in [4.78, 5) is 26.1. The van der Waals surface area contributed by atoms with Gasteiger partial charge in [0.1, 0.15) is 11.3 Å². The van der Waals surface area contributed by atoms with Gasteiger partial charge < -0.3 is 14.5 Å². The van der Waals surface area contributed by atoms with E-state index < -0.39 is 5.60 Å². The Bertz CT molecular complexity index is 530. The lowest BCUT2D eigenvalue weighted by Gasteiger charge is -2.35. The van der Waals surface area contributed by atoms with E-state index in [0.29, 0.717) is 31.9 Å². The first kappa shape index (κ1) is 15.6. The Morgan fingerprint density at radius 2 is 1.95 bits per heavy atom. The number of thiophene rings is 1. The molecule has 0 unspecified atom stereocenters. The maximum atomic E-state index is 12.0. The molecular weight excluding hydrogens is 294 g/mol. The number of hydrogen-bond acceptors (Lipinski definition) is 6. The van der Waals surface area contributed by atoms with Crippen LogP contribution in [0.4, 0.5) is 15.5 Å². The number of carbonyl (C=O) groups excluding carboxylic acids is 1. The van der Waals surface area contributed by atoms with Crippen LogP contribution in [0.1, 0.15) is 20.8 Å². The molecule has 1 aliphatic heterocycles. The molecule has 0 bridgehead atoms. The summed E-state index contributed by atoms with van der Waals surface area (Å²) in [6, 6.07) is 1.76. The van der Waals surface area contributed by atoms with Crippen molar-refractivity contribution in [1.82, 2.24) is 4.90 Å². The predicted octanol–water partition coefficient (Wildman–Crippen LogP) is 2.71. The van der Waals surface area contributed by atoms with Gasteiger partial charge in [-0.3, -0.25) is 10.1 Å². The van der Waals surface area contributed by atoms with Crippen LogP contribution in [-0.2, 0) is 4.74 Å². The van der Waals surface area contributed by atoms with Crippen LogP contribution in [-0.4, -0.2) is 47.7 Å². The molecular formula is C13H19N3O4S. The number of nitrogens with zero attached hydrogens (tertiary/aromatic N) is 3. The number of carbonyl (C=O) groups is 1. The first-order chi connectivity index (χ1) is 9.78. The lowest BCUT2D eigenvalue weighted by Crippen LogP contribution is -2.50. The second-order valence-electron chi connectivity index (χ2n) is 5.82. The Hall–Kier alpha value is -1.83. The third kappa shape index (κ3) is 3.84. The van der Waals surface area contributed by atoms with Crippen molar-refractivity contribution in [2.45, 2.75) is 26.4 Å². The summed E-state index contributed by atoms with van der Waals surface area (Å²) in [7, 11) is 0. The van der Waals surface area contributed by atoms with Crippen LogP contribution in [0, 0.1) is 10.1 Å². The largest absolute Gasteiger partial charge is 0.444 e. The van der Waals surface area contributed by atoms with E-state index >= 15 is 0 Å². The van der Waals surface area contributed by atoms with Crippen molar-refractivity contribution in [3.63, 3.8) is 0 Å². The summed E-state index contributed by atoms with van der Waals surface area (Å²) in [5, 5.41) is 12.8. The Balaban J connectivity index is 1.96. The molecule has 7 nitrogen and oxygen atoms in total. The Labute approximate surface area is 127 Å². The molecule has 0 atom stereocenters. The molecule has 0 radical (unpaired) electrons. The van der Waals surface area contributed by atoms with Crippen LogP contribution in [0.5, 0.6) is 0 Å². The minimum atomic E-state index is -0.514. The summed E-state index contributed by atoms with van der Waals surface area (Å²) in [5.41, 5.74) is 0.120. The van der Waals surface area contributed by atoms with Gasteiger partial charge in [0.25, 0.3) is 0 Å². The van der Waals surface area contributed by atoms with Crippen LogP contribution < -0.4 is 4.90 Å². The molecule has 1 aromatic rings. The monoisotopic (exact) mass is 313 g/mol. The summed E-state index contributed by atoms with van der Waals surface area (Å²) in [6.07, 6.45) is -0.332. The zero-order chi connectivity index (χ0) is 15.6. The predicted molar refractivity (Wildman–Crippen MR) is 81.0 cm³/mol. The van der Waals surface area contributed by atoms with E-state index in [4.69, 9.17) is 4.74 Å². The molecule has 2 rings (SSSR count). The van der Waals surface area contributed by atoms with Gasteiger partial charge in [0.15, 0.2) is 0 Å². The van der Waals surface area contributed by atoms with E-state index in [0.717, 1.165) is 11.3 Å². The number of anilines is 1. The first-order valence-electron chi connectivity index (χ1n) is 6.73. The second kappa shape index (κ2) is 5.88. The zero-order valence-electron chi connectivity index (χ0n) is 12.4. The summed E-state index contributed by atoms with van der Waals surface area (Å²) >= 11 is 1.12. The van der Waals surface area contributed by atoms with Crippen LogP contribution >= 0.6 is 11.3 Å². The minimum Gasteiger partial charge on any atom is -0.444 e. The van der Waals surface area contributed by atoms with E-state index in [1.165, 1.54) is 0 Å². The minimum absolute atomic E-state index is 0.153. The molecule has 0 N–H and O–H groups in total. The molecule has 1 saturated heterocycles. The van der Waals surface area contributed by atoms with Gasteiger partial charge in [0, 0.05) is 26.2 Å². The summed E-state index contributed by atoms with van der Waals surface area (Å²) in [6.45, 7) is 7.62. The van der Waals surface area contributed by atoms with Crippen LogP contribution in [0.3, 0.4) is 0 Å². The molecule has 116 valence electrons. The van der Waals surface area contributed by atoms with Gasteiger partial charge in [0.05, 0.1) is 4.92 Å². The Kier molecular flexibility index (Phi) is 4.36. The van der Waals surface area contributed by atoms with Crippen molar-refractivity contribution < 1.29 is 14.5 Å². The number of amides is 1. The van der Waals surface area contributed by atoms with Gasteiger partial charge in [-0.15, -0.1) is 0 Å².